The number of nitrogens with zero attached hydrogens (tertiary/aromatic N) is 2. The molecule has 0 aliphatic carbocycles. The maximum atomic E-state index is 13.6. The summed E-state index contributed by atoms with van der Waals surface area (Å²) in [4.78, 5) is 7.40. The molecule has 0 fully saturated rings. The highest BCUT2D eigenvalue weighted by atomic mass is 79.9. The predicted molar refractivity (Wildman–Crippen MR) is 68.8 cm³/mol. The highest BCUT2D eigenvalue weighted by molar-refractivity contribution is 9.10. The van der Waals surface area contributed by atoms with Crippen molar-refractivity contribution in [2.24, 2.45) is 0 Å². The van der Waals surface area contributed by atoms with Crippen LogP contribution in [0.4, 0.5) is 26.1 Å². The van der Waals surface area contributed by atoms with E-state index in [0.29, 0.717) is 0 Å². The number of rotatable bonds is 2. The van der Waals surface area contributed by atoms with Gasteiger partial charge >= 0.3 is 0 Å². The largest absolute Gasteiger partial charge is 0.382 e. The summed E-state index contributed by atoms with van der Waals surface area (Å²) in [6, 6.07) is 2.23. The van der Waals surface area contributed by atoms with Crippen molar-refractivity contribution in [3.63, 3.8) is 0 Å². The van der Waals surface area contributed by atoms with E-state index in [4.69, 9.17) is 17.3 Å². The first-order chi connectivity index (χ1) is 8.49. The zero-order chi connectivity index (χ0) is 13.3. The molecule has 0 spiro atoms. The van der Waals surface area contributed by atoms with Gasteiger partial charge in [-0.05, 0) is 12.1 Å². The van der Waals surface area contributed by atoms with Crippen LogP contribution in [0.1, 0.15) is 0 Å². The molecular weight excluding hydrogens is 329 g/mol. The second-order valence-corrected chi connectivity index (χ2v) is 4.58. The van der Waals surface area contributed by atoms with Crippen LogP contribution in [0, 0.1) is 11.6 Å². The zero-order valence-corrected chi connectivity index (χ0v) is 11.1. The van der Waals surface area contributed by atoms with Crippen molar-refractivity contribution >= 4 is 44.9 Å². The minimum absolute atomic E-state index is 0.000723. The molecule has 2 rings (SSSR count). The quantitative estimate of drug-likeness (QED) is 0.882. The molecule has 0 bridgehead atoms. The molecule has 94 valence electrons. The van der Waals surface area contributed by atoms with Gasteiger partial charge in [-0.3, -0.25) is 0 Å². The van der Waals surface area contributed by atoms with Crippen LogP contribution in [-0.2, 0) is 0 Å². The van der Waals surface area contributed by atoms with Crippen molar-refractivity contribution in [1.82, 2.24) is 9.97 Å². The highest BCUT2D eigenvalue weighted by Crippen LogP contribution is 2.30. The second kappa shape index (κ2) is 5.03. The van der Waals surface area contributed by atoms with Crippen molar-refractivity contribution in [3.05, 3.63) is 39.6 Å². The average molecular weight is 336 g/mol. The fourth-order valence-electron chi connectivity index (χ4n) is 1.25. The number of nitrogens with one attached hydrogen (secondary N) is 1. The fourth-order valence-corrected chi connectivity index (χ4v) is 1.80. The Balaban J connectivity index is 2.43. The van der Waals surface area contributed by atoms with Gasteiger partial charge in [0.1, 0.15) is 22.9 Å². The number of benzene rings is 1. The van der Waals surface area contributed by atoms with Crippen molar-refractivity contribution in [2.45, 2.75) is 0 Å². The molecule has 4 nitrogen and oxygen atoms in total. The third-order valence-electron chi connectivity index (χ3n) is 2.07. The summed E-state index contributed by atoms with van der Waals surface area (Å²) in [5.41, 5.74) is 5.09. The van der Waals surface area contributed by atoms with E-state index in [1.165, 1.54) is 0 Å². The van der Waals surface area contributed by atoms with Gasteiger partial charge in [-0.25, -0.2) is 18.7 Å². The lowest BCUT2D eigenvalue weighted by molar-refractivity contribution is 0.589. The highest BCUT2D eigenvalue weighted by Gasteiger charge is 2.14. The molecule has 0 aliphatic rings. The molecule has 0 unspecified atom stereocenters. The van der Waals surface area contributed by atoms with E-state index in [-0.39, 0.29) is 26.8 Å². The van der Waals surface area contributed by atoms with Gasteiger partial charge in [-0.15, -0.1) is 0 Å². The molecule has 1 aromatic heterocycles. The molecule has 0 radical (unpaired) electrons. The summed E-state index contributed by atoms with van der Waals surface area (Å²) >= 11 is 8.79. The van der Waals surface area contributed by atoms with Crippen molar-refractivity contribution < 1.29 is 8.78 Å². The monoisotopic (exact) mass is 334 g/mol. The van der Waals surface area contributed by atoms with Crippen LogP contribution in [0.5, 0.6) is 0 Å². The molecule has 0 atom stereocenters. The Bertz CT molecular complexity index is 585. The molecule has 0 amide bonds. The molecule has 0 aliphatic heterocycles. The van der Waals surface area contributed by atoms with Crippen LogP contribution in [0.2, 0.25) is 5.02 Å². The number of nitrogen functional groups attached to an aromatic ring is 1. The predicted octanol–water partition coefficient (Wildman–Crippen LogP) is 3.50. The Labute approximate surface area is 114 Å². The summed E-state index contributed by atoms with van der Waals surface area (Å²) in [5.74, 6) is -1.51. The normalized spacial score (nSPS) is 10.4. The van der Waals surface area contributed by atoms with Crippen LogP contribution in [0.3, 0.4) is 0 Å². The first kappa shape index (κ1) is 13.0. The van der Waals surface area contributed by atoms with Gasteiger partial charge in [-0.2, -0.15) is 0 Å². The Kier molecular flexibility index (Phi) is 3.63. The fraction of sp³-hybridized carbons (Fsp3) is 0. The van der Waals surface area contributed by atoms with Crippen LogP contribution in [0.25, 0.3) is 0 Å². The Morgan fingerprint density at radius 1 is 1.22 bits per heavy atom. The lowest BCUT2D eigenvalue weighted by Gasteiger charge is -2.10. The van der Waals surface area contributed by atoms with E-state index in [1.54, 1.807) is 0 Å². The maximum Gasteiger partial charge on any atom is 0.154 e. The van der Waals surface area contributed by atoms with E-state index in [0.717, 1.165) is 18.5 Å². The molecule has 3 N–H and O–H groups in total. The van der Waals surface area contributed by atoms with Gasteiger partial charge in [-0.1, -0.05) is 27.5 Å². The van der Waals surface area contributed by atoms with Gasteiger partial charge in [0.05, 0.1) is 0 Å². The second-order valence-electron chi connectivity index (χ2n) is 3.29. The molecule has 1 aromatic carbocycles. The SMILES string of the molecule is Nc1ncnc(Nc2c(F)cc(Br)cc2F)c1Cl. The van der Waals surface area contributed by atoms with Crippen LogP contribution < -0.4 is 11.1 Å². The standard InChI is InChI=1S/C10H6BrClF2N4/c11-4-1-5(13)8(6(14)2-4)18-10-7(12)9(15)16-3-17-10/h1-3H,(H3,15,16,17,18). The lowest BCUT2D eigenvalue weighted by atomic mass is 10.3. The molecule has 18 heavy (non-hydrogen) atoms. The third kappa shape index (κ3) is 2.51. The third-order valence-corrected chi connectivity index (χ3v) is 2.90. The average Bonchev–Trinajstić information content (AvgIpc) is 2.28. The maximum absolute atomic E-state index is 13.6. The van der Waals surface area contributed by atoms with Gasteiger partial charge in [0.2, 0.25) is 0 Å². The van der Waals surface area contributed by atoms with Crippen molar-refractivity contribution in [2.75, 3.05) is 11.1 Å². The van der Waals surface area contributed by atoms with Crippen LogP contribution in [-0.4, -0.2) is 9.97 Å². The van der Waals surface area contributed by atoms with Crippen LogP contribution in [0.15, 0.2) is 22.9 Å². The van der Waals surface area contributed by atoms with E-state index in [1.807, 2.05) is 0 Å². The van der Waals surface area contributed by atoms with E-state index in [9.17, 15) is 8.78 Å². The Morgan fingerprint density at radius 2 is 1.83 bits per heavy atom. The summed E-state index contributed by atoms with van der Waals surface area (Å²) in [6.07, 6.45) is 1.14. The topological polar surface area (TPSA) is 63.8 Å². The van der Waals surface area contributed by atoms with E-state index < -0.39 is 11.6 Å². The summed E-state index contributed by atoms with van der Waals surface area (Å²) in [5, 5.41) is 2.44. The number of hydrogen-bond acceptors (Lipinski definition) is 4. The molecule has 0 saturated heterocycles. The van der Waals surface area contributed by atoms with Crippen molar-refractivity contribution in [3.8, 4) is 0 Å². The summed E-state index contributed by atoms with van der Waals surface area (Å²) < 4.78 is 27.4. The number of hydrogen-bond donors (Lipinski definition) is 2. The van der Waals surface area contributed by atoms with Gasteiger partial charge < -0.3 is 11.1 Å². The minimum atomic E-state index is -0.782. The van der Waals surface area contributed by atoms with E-state index >= 15 is 0 Å². The Morgan fingerprint density at radius 3 is 2.44 bits per heavy atom. The number of aromatic nitrogens is 2. The molecule has 8 heteroatoms. The molecular formula is C10H6BrClF2N4. The minimum Gasteiger partial charge on any atom is -0.382 e. The molecule has 0 saturated carbocycles. The number of nitrogens with two attached hydrogens (primary N) is 1. The first-order valence-corrected chi connectivity index (χ1v) is 5.83. The van der Waals surface area contributed by atoms with Crippen LogP contribution >= 0.6 is 27.5 Å². The summed E-state index contributed by atoms with van der Waals surface area (Å²) in [6.45, 7) is 0. The van der Waals surface area contributed by atoms with E-state index in [2.05, 4.69) is 31.2 Å². The lowest BCUT2D eigenvalue weighted by Crippen LogP contribution is -2.03. The summed E-state index contributed by atoms with van der Waals surface area (Å²) in [7, 11) is 0. The Hall–Kier alpha value is -1.47. The zero-order valence-electron chi connectivity index (χ0n) is 8.72. The number of halogens is 4. The smallest absolute Gasteiger partial charge is 0.154 e. The van der Waals surface area contributed by atoms with Gasteiger partial charge in [0.15, 0.2) is 17.5 Å². The number of anilines is 3. The van der Waals surface area contributed by atoms with Gasteiger partial charge in [0.25, 0.3) is 0 Å². The van der Waals surface area contributed by atoms with Crippen molar-refractivity contribution in [1.29, 1.82) is 0 Å². The molecule has 2 aromatic rings. The first-order valence-electron chi connectivity index (χ1n) is 4.66. The molecule has 1 heterocycles. The van der Waals surface area contributed by atoms with Gasteiger partial charge in [0, 0.05) is 4.47 Å².